The Kier molecular flexibility index (Phi) is 4.97. The molecule has 3 aromatic rings. The summed E-state index contributed by atoms with van der Waals surface area (Å²) in [6.45, 7) is 0. The number of ketones is 1. The third kappa shape index (κ3) is 4.22. The summed E-state index contributed by atoms with van der Waals surface area (Å²) in [6.07, 6.45) is 2.17. The highest BCUT2D eigenvalue weighted by Crippen LogP contribution is 2.36. The molecular weight excluding hydrogens is 362 g/mol. The van der Waals surface area contributed by atoms with Crippen molar-refractivity contribution in [3.63, 3.8) is 0 Å². The van der Waals surface area contributed by atoms with Crippen LogP contribution in [0.5, 0.6) is 0 Å². The molecule has 1 aliphatic rings. The standard InChI is InChI=1S/C19H17N5O2S/c25-17(12-27-19-21-22-23-24(19)16-10-11-16)13-6-8-15(9-7-13)20-18(26)14-4-2-1-3-5-14/h1-9,16H,10-12H2,(H,20,26). The monoisotopic (exact) mass is 379 g/mol. The van der Waals surface area contributed by atoms with Crippen LogP contribution in [-0.4, -0.2) is 37.7 Å². The quantitative estimate of drug-likeness (QED) is 0.501. The van der Waals surface area contributed by atoms with Crippen LogP contribution in [0.25, 0.3) is 0 Å². The molecule has 0 atom stereocenters. The molecule has 1 aromatic heterocycles. The van der Waals surface area contributed by atoms with Gasteiger partial charge in [0.2, 0.25) is 5.16 Å². The Hall–Kier alpha value is -3.00. The van der Waals surface area contributed by atoms with Crippen molar-refractivity contribution in [1.82, 2.24) is 20.2 Å². The number of benzene rings is 2. The summed E-state index contributed by atoms with van der Waals surface area (Å²) in [5.74, 6) is 0.0754. The van der Waals surface area contributed by atoms with Crippen molar-refractivity contribution >= 4 is 29.1 Å². The number of hydrogen-bond acceptors (Lipinski definition) is 6. The largest absolute Gasteiger partial charge is 0.322 e. The molecule has 0 radical (unpaired) electrons. The highest BCUT2D eigenvalue weighted by atomic mass is 32.2. The van der Waals surface area contributed by atoms with Gasteiger partial charge in [0.1, 0.15) is 0 Å². The molecule has 136 valence electrons. The minimum absolute atomic E-state index is 0.00807. The fraction of sp³-hybridized carbons (Fsp3) is 0.211. The Bertz CT molecular complexity index is 952. The first kappa shape index (κ1) is 17.4. The van der Waals surface area contributed by atoms with Crippen LogP contribution in [-0.2, 0) is 0 Å². The fourth-order valence-corrected chi connectivity index (χ4v) is 3.41. The summed E-state index contributed by atoms with van der Waals surface area (Å²) >= 11 is 1.34. The lowest BCUT2D eigenvalue weighted by Gasteiger charge is -2.06. The Morgan fingerprint density at radius 2 is 1.78 bits per heavy atom. The number of aromatic nitrogens is 4. The summed E-state index contributed by atoms with van der Waals surface area (Å²) in [7, 11) is 0. The molecule has 4 rings (SSSR count). The van der Waals surface area contributed by atoms with Crippen LogP contribution < -0.4 is 5.32 Å². The van der Waals surface area contributed by atoms with Crippen molar-refractivity contribution in [3.8, 4) is 0 Å². The molecule has 27 heavy (non-hydrogen) atoms. The summed E-state index contributed by atoms with van der Waals surface area (Å²) in [6, 6.07) is 16.3. The van der Waals surface area contributed by atoms with E-state index in [-0.39, 0.29) is 17.4 Å². The number of carbonyl (C=O) groups is 2. The molecule has 0 spiro atoms. The highest BCUT2D eigenvalue weighted by Gasteiger charge is 2.28. The molecule has 0 unspecified atom stereocenters. The second-order valence-electron chi connectivity index (χ2n) is 6.25. The maximum atomic E-state index is 12.4. The van der Waals surface area contributed by atoms with E-state index >= 15 is 0 Å². The van der Waals surface area contributed by atoms with Gasteiger partial charge in [-0.3, -0.25) is 9.59 Å². The molecule has 1 heterocycles. The number of Topliss-reactive ketones (excluding diaryl/α,β-unsaturated/α-hetero) is 1. The summed E-state index contributed by atoms with van der Waals surface area (Å²) in [4.78, 5) is 24.6. The number of hydrogen-bond donors (Lipinski definition) is 1. The van der Waals surface area contributed by atoms with E-state index in [1.54, 1.807) is 41.1 Å². The van der Waals surface area contributed by atoms with E-state index in [4.69, 9.17) is 0 Å². The van der Waals surface area contributed by atoms with Crippen molar-refractivity contribution in [2.75, 3.05) is 11.1 Å². The number of carbonyl (C=O) groups excluding carboxylic acids is 2. The van der Waals surface area contributed by atoms with E-state index in [1.807, 2.05) is 18.2 Å². The van der Waals surface area contributed by atoms with Gasteiger partial charge in [-0.2, -0.15) is 0 Å². The number of nitrogens with one attached hydrogen (secondary N) is 1. The van der Waals surface area contributed by atoms with Gasteiger partial charge < -0.3 is 5.32 Å². The zero-order valence-electron chi connectivity index (χ0n) is 14.4. The van der Waals surface area contributed by atoms with Crippen LogP contribution in [0.15, 0.2) is 59.8 Å². The van der Waals surface area contributed by atoms with Crippen LogP contribution in [0.3, 0.4) is 0 Å². The van der Waals surface area contributed by atoms with E-state index < -0.39 is 0 Å². The van der Waals surface area contributed by atoms with Crippen LogP contribution in [0.2, 0.25) is 0 Å². The minimum atomic E-state index is -0.183. The topological polar surface area (TPSA) is 89.8 Å². The van der Waals surface area contributed by atoms with Crippen molar-refractivity contribution in [1.29, 1.82) is 0 Å². The molecule has 0 saturated heterocycles. The van der Waals surface area contributed by atoms with Crippen LogP contribution in [0.4, 0.5) is 5.69 Å². The van der Waals surface area contributed by atoms with Gasteiger partial charge in [0.05, 0.1) is 11.8 Å². The number of amides is 1. The lowest BCUT2D eigenvalue weighted by atomic mass is 10.1. The first-order valence-electron chi connectivity index (χ1n) is 8.61. The minimum Gasteiger partial charge on any atom is -0.322 e. The smallest absolute Gasteiger partial charge is 0.255 e. The SMILES string of the molecule is O=C(CSc1nnnn1C1CC1)c1ccc(NC(=O)c2ccccc2)cc1. The lowest BCUT2D eigenvalue weighted by Crippen LogP contribution is -2.12. The van der Waals surface area contributed by atoms with Crippen LogP contribution >= 0.6 is 11.8 Å². The van der Waals surface area contributed by atoms with Crippen LogP contribution in [0, 0.1) is 0 Å². The molecule has 1 fully saturated rings. The number of rotatable bonds is 7. The number of nitrogens with zero attached hydrogens (tertiary/aromatic N) is 4. The van der Waals surface area contributed by atoms with Gasteiger partial charge in [0.25, 0.3) is 5.91 Å². The average Bonchev–Trinajstić information content (AvgIpc) is 3.45. The molecule has 1 amide bonds. The zero-order valence-corrected chi connectivity index (χ0v) is 15.2. The molecule has 1 N–H and O–H groups in total. The molecule has 0 bridgehead atoms. The van der Waals surface area contributed by atoms with E-state index in [9.17, 15) is 9.59 Å². The first-order chi connectivity index (χ1) is 13.2. The normalized spacial score (nSPS) is 13.3. The Labute approximate surface area is 160 Å². The fourth-order valence-electron chi connectivity index (χ4n) is 2.57. The summed E-state index contributed by atoms with van der Waals surface area (Å²) < 4.78 is 1.79. The lowest BCUT2D eigenvalue weighted by molar-refractivity contribution is 0.101. The third-order valence-corrected chi connectivity index (χ3v) is 5.12. The van der Waals surface area contributed by atoms with Gasteiger partial charge in [-0.25, -0.2) is 4.68 Å². The predicted octanol–water partition coefficient (Wildman–Crippen LogP) is 3.24. The highest BCUT2D eigenvalue weighted by molar-refractivity contribution is 7.99. The van der Waals surface area contributed by atoms with Crippen molar-refractivity contribution < 1.29 is 9.59 Å². The van der Waals surface area contributed by atoms with Crippen molar-refractivity contribution in [2.45, 2.75) is 24.0 Å². The maximum Gasteiger partial charge on any atom is 0.255 e. The van der Waals surface area contributed by atoms with E-state index in [2.05, 4.69) is 20.8 Å². The molecule has 8 heteroatoms. The van der Waals surface area contributed by atoms with E-state index in [1.165, 1.54) is 11.8 Å². The Morgan fingerprint density at radius 3 is 2.48 bits per heavy atom. The van der Waals surface area contributed by atoms with Gasteiger partial charge in [-0.1, -0.05) is 30.0 Å². The van der Waals surface area contributed by atoms with E-state index in [0.29, 0.717) is 28.0 Å². The van der Waals surface area contributed by atoms with Crippen LogP contribution in [0.1, 0.15) is 39.6 Å². The molecule has 7 nitrogen and oxygen atoms in total. The van der Waals surface area contributed by atoms with Gasteiger partial charge in [-0.05, 0) is 59.7 Å². The second kappa shape index (κ2) is 7.71. The predicted molar refractivity (Wildman–Crippen MR) is 102 cm³/mol. The molecule has 1 saturated carbocycles. The second-order valence-corrected chi connectivity index (χ2v) is 7.19. The molecule has 1 aliphatic carbocycles. The number of anilines is 1. The molecular formula is C19H17N5O2S. The van der Waals surface area contributed by atoms with Gasteiger partial charge in [0, 0.05) is 16.8 Å². The number of tetrazole rings is 1. The maximum absolute atomic E-state index is 12.4. The average molecular weight is 379 g/mol. The van der Waals surface area contributed by atoms with Gasteiger partial charge in [0.15, 0.2) is 5.78 Å². The van der Waals surface area contributed by atoms with Crippen molar-refractivity contribution in [3.05, 3.63) is 65.7 Å². The van der Waals surface area contributed by atoms with Gasteiger partial charge >= 0.3 is 0 Å². The number of thioether (sulfide) groups is 1. The Morgan fingerprint density at radius 1 is 1.04 bits per heavy atom. The summed E-state index contributed by atoms with van der Waals surface area (Å²) in [5.41, 5.74) is 1.82. The van der Waals surface area contributed by atoms with Gasteiger partial charge in [-0.15, -0.1) is 5.10 Å². The zero-order chi connectivity index (χ0) is 18.6. The third-order valence-electron chi connectivity index (χ3n) is 4.19. The molecule has 2 aromatic carbocycles. The van der Waals surface area contributed by atoms with E-state index in [0.717, 1.165) is 12.8 Å². The van der Waals surface area contributed by atoms with Crippen molar-refractivity contribution in [2.24, 2.45) is 0 Å². The Balaban J connectivity index is 1.34. The molecule has 0 aliphatic heterocycles. The summed E-state index contributed by atoms with van der Waals surface area (Å²) in [5, 5.41) is 15.1. The first-order valence-corrected chi connectivity index (χ1v) is 9.59.